The fourth-order valence-electron chi connectivity index (χ4n) is 2.02. The van der Waals surface area contributed by atoms with Gasteiger partial charge in [-0.25, -0.2) is 13.6 Å². The van der Waals surface area contributed by atoms with Crippen molar-refractivity contribution in [2.45, 2.75) is 6.54 Å². The van der Waals surface area contributed by atoms with Gasteiger partial charge in [0.05, 0.1) is 16.9 Å². The molecule has 7 heteroatoms. The molecule has 3 rings (SSSR count). The Hall–Kier alpha value is -2.83. The third-order valence-corrected chi connectivity index (χ3v) is 3.08. The van der Waals surface area contributed by atoms with Gasteiger partial charge in [0.25, 0.3) is 0 Å². The van der Waals surface area contributed by atoms with E-state index in [1.165, 1.54) is 18.2 Å². The van der Waals surface area contributed by atoms with E-state index in [9.17, 15) is 13.6 Å². The number of hydrogen-bond acceptors (Lipinski definition) is 4. The highest BCUT2D eigenvalue weighted by Gasteiger charge is 2.08. The van der Waals surface area contributed by atoms with Crippen LogP contribution in [0.15, 0.2) is 39.5 Å². The number of fused-ring (bicyclic) bond motifs is 1. The monoisotopic (exact) mass is 291 g/mol. The van der Waals surface area contributed by atoms with Crippen molar-refractivity contribution in [3.63, 3.8) is 0 Å². The SMILES string of the molecule is Nc1cc2oc(=O)[nH]c2cc1NCc1ccc(F)cc1F. The number of aromatic nitrogens is 1. The van der Waals surface area contributed by atoms with Gasteiger partial charge in [0, 0.05) is 24.2 Å². The number of oxazole rings is 1. The summed E-state index contributed by atoms with van der Waals surface area (Å²) in [6, 6.07) is 6.44. The van der Waals surface area contributed by atoms with E-state index < -0.39 is 17.4 Å². The van der Waals surface area contributed by atoms with Crippen molar-refractivity contribution < 1.29 is 13.2 Å². The Morgan fingerprint density at radius 2 is 2.05 bits per heavy atom. The number of nitrogens with two attached hydrogens (primary N) is 1. The molecule has 21 heavy (non-hydrogen) atoms. The molecule has 0 saturated heterocycles. The smallest absolute Gasteiger partial charge is 0.408 e. The first-order valence-electron chi connectivity index (χ1n) is 6.13. The second kappa shape index (κ2) is 4.93. The molecular weight excluding hydrogens is 280 g/mol. The first-order chi connectivity index (χ1) is 10.0. The summed E-state index contributed by atoms with van der Waals surface area (Å²) in [5, 5.41) is 2.94. The Morgan fingerprint density at radius 3 is 2.81 bits per heavy atom. The van der Waals surface area contributed by atoms with Crippen LogP contribution in [0.5, 0.6) is 0 Å². The van der Waals surface area contributed by atoms with E-state index in [1.54, 1.807) is 6.07 Å². The second-order valence-electron chi connectivity index (χ2n) is 4.54. The molecule has 0 aliphatic heterocycles. The quantitative estimate of drug-likeness (QED) is 0.648. The van der Waals surface area contributed by atoms with Crippen LogP contribution in [0.2, 0.25) is 0 Å². The van der Waals surface area contributed by atoms with Crippen molar-refractivity contribution >= 4 is 22.5 Å². The van der Waals surface area contributed by atoms with Crippen LogP contribution in [-0.2, 0) is 6.54 Å². The molecule has 0 atom stereocenters. The lowest BCUT2D eigenvalue weighted by molar-refractivity contribution is 0.555. The fourth-order valence-corrected chi connectivity index (χ4v) is 2.02. The molecule has 4 N–H and O–H groups in total. The third kappa shape index (κ3) is 2.58. The summed E-state index contributed by atoms with van der Waals surface area (Å²) < 4.78 is 31.2. The minimum atomic E-state index is -0.640. The summed E-state index contributed by atoms with van der Waals surface area (Å²) >= 11 is 0. The summed E-state index contributed by atoms with van der Waals surface area (Å²) in [4.78, 5) is 13.6. The second-order valence-corrected chi connectivity index (χ2v) is 4.54. The maximum atomic E-state index is 13.5. The third-order valence-electron chi connectivity index (χ3n) is 3.08. The Bertz CT molecular complexity index is 870. The Balaban J connectivity index is 1.87. The lowest BCUT2D eigenvalue weighted by Crippen LogP contribution is -2.04. The van der Waals surface area contributed by atoms with Crippen LogP contribution in [-0.4, -0.2) is 4.98 Å². The van der Waals surface area contributed by atoms with E-state index in [0.717, 1.165) is 6.07 Å². The highest BCUT2D eigenvalue weighted by molar-refractivity contribution is 5.85. The molecule has 0 unspecified atom stereocenters. The molecule has 0 aliphatic rings. The largest absolute Gasteiger partial charge is 0.417 e. The number of nitrogen functional groups attached to an aromatic ring is 1. The maximum absolute atomic E-state index is 13.5. The highest BCUT2D eigenvalue weighted by atomic mass is 19.1. The van der Waals surface area contributed by atoms with Gasteiger partial charge in [-0.3, -0.25) is 4.98 Å². The predicted octanol–water partition coefficient (Wildman–Crippen LogP) is 2.59. The molecule has 1 aromatic heterocycles. The number of aromatic amines is 1. The molecular formula is C14H11F2N3O2. The molecule has 3 aromatic rings. The van der Waals surface area contributed by atoms with Crippen molar-refractivity contribution in [1.82, 2.24) is 4.98 Å². The van der Waals surface area contributed by atoms with E-state index in [-0.39, 0.29) is 6.54 Å². The first-order valence-corrected chi connectivity index (χ1v) is 6.13. The summed E-state index contributed by atoms with van der Waals surface area (Å²) in [6.07, 6.45) is 0. The standard InChI is InChI=1S/C14H11F2N3O2/c15-8-2-1-7(9(16)3-8)6-18-11-5-12-13(4-10(11)17)21-14(20)19-12/h1-5,18H,6,17H2,(H,19,20). The van der Waals surface area contributed by atoms with E-state index in [0.29, 0.717) is 28.0 Å². The number of rotatable bonds is 3. The molecule has 0 spiro atoms. The minimum absolute atomic E-state index is 0.129. The van der Waals surface area contributed by atoms with Gasteiger partial charge in [0.1, 0.15) is 11.6 Å². The van der Waals surface area contributed by atoms with Gasteiger partial charge < -0.3 is 15.5 Å². The number of nitrogens with one attached hydrogen (secondary N) is 2. The van der Waals surface area contributed by atoms with E-state index in [2.05, 4.69) is 10.3 Å². The van der Waals surface area contributed by atoms with E-state index >= 15 is 0 Å². The van der Waals surface area contributed by atoms with E-state index in [1.807, 2.05) is 0 Å². The van der Waals surface area contributed by atoms with Gasteiger partial charge in [-0.05, 0) is 12.1 Å². The van der Waals surface area contributed by atoms with Crippen molar-refractivity contribution in [2.75, 3.05) is 11.1 Å². The molecule has 108 valence electrons. The molecule has 1 heterocycles. The summed E-state index contributed by atoms with van der Waals surface area (Å²) in [5.41, 5.74) is 7.83. The number of hydrogen-bond donors (Lipinski definition) is 3. The Morgan fingerprint density at radius 1 is 1.24 bits per heavy atom. The number of anilines is 2. The number of halogens is 2. The molecule has 0 aliphatic carbocycles. The molecule has 0 bridgehead atoms. The van der Waals surface area contributed by atoms with Crippen molar-refractivity contribution in [1.29, 1.82) is 0 Å². The van der Waals surface area contributed by atoms with Gasteiger partial charge >= 0.3 is 5.76 Å². The molecule has 0 amide bonds. The van der Waals surface area contributed by atoms with Crippen molar-refractivity contribution in [3.05, 3.63) is 58.1 Å². The summed E-state index contributed by atoms with van der Waals surface area (Å²) in [7, 11) is 0. The summed E-state index contributed by atoms with van der Waals surface area (Å²) in [6.45, 7) is 0.129. The van der Waals surface area contributed by atoms with Crippen LogP contribution in [0, 0.1) is 11.6 Å². The van der Waals surface area contributed by atoms with Crippen LogP contribution >= 0.6 is 0 Å². The molecule has 0 fully saturated rings. The lowest BCUT2D eigenvalue weighted by Gasteiger charge is -2.10. The lowest BCUT2D eigenvalue weighted by atomic mass is 10.2. The number of H-pyrrole nitrogens is 1. The van der Waals surface area contributed by atoms with Crippen LogP contribution in [0.4, 0.5) is 20.2 Å². The fraction of sp³-hybridized carbons (Fsp3) is 0.0714. The molecule has 5 nitrogen and oxygen atoms in total. The van der Waals surface area contributed by atoms with Crippen molar-refractivity contribution in [3.8, 4) is 0 Å². The average molecular weight is 291 g/mol. The summed E-state index contributed by atoms with van der Waals surface area (Å²) in [5.74, 6) is -1.85. The Labute approximate surface area is 117 Å². The van der Waals surface area contributed by atoms with Crippen LogP contribution in [0.1, 0.15) is 5.56 Å². The Kier molecular flexibility index (Phi) is 3.09. The normalized spacial score (nSPS) is 11.0. The van der Waals surface area contributed by atoms with Gasteiger partial charge in [-0.15, -0.1) is 0 Å². The van der Waals surface area contributed by atoms with Gasteiger partial charge in [-0.1, -0.05) is 6.07 Å². The van der Waals surface area contributed by atoms with Crippen LogP contribution in [0.3, 0.4) is 0 Å². The van der Waals surface area contributed by atoms with Crippen LogP contribution < -0.4 is 16.8 Å². The van der Waals surface area contributed by atoms with Gasteiger partial charge in [0.2, 0.25) is 0 Å². The maximum Gasteiger partial charge on any atom is 0.417 e. The molecule has 2 aromatic carbocycles. The molecule has 0 radical (unpaired) electrons. The number of benzene rings is 2. The minimum Gasteiger partial charge on any atom is -0.408 e. The van der Waals surface area contributed by atoms with Gasteiger partial charge in [-0.2, -0.15) is 0 Å². The topological polar surface area (TPSA) is 84.0 Å². The van der Waals surface area contributed by atoms with Crippen LogP contribution in [0.25, 0.3) is 11.1 Å². The van der Waals surface area contributed by atoms with E-state index in [4.69, 9.17) is 10.2 Å². The highest BCUT2D eigenvalue weighted by Crippen LogP contribution is 2.25. The van der Waals surface area contributed by atoms with Crippen molar-refractivity contribution in [2.24, 2.45) is 0 Å². The zero-order valence-electron chi connectivity index (χ0n) is 10.7. The zero-order valence-corrected chi connectivity index (χ0v) is 10.7. The average Bonchev–Trinajstić information content (AvgIpc) is 2.76. The van der Waals surface area contributed by atoms with Gasteiger partial charge in [0.15, 0.2) is 5.58 Å². The predicted molar refractivity (Wildman–Crippen MR) is 74.9 cm³/mol. The zero-order chi connectivity index (χ0) is 15.0. The first kappa shape index (κ1) is 13.2. The molecule has 0 saturated carbocycles.